The molecular weight excluding hydrogens is 661 g/mol. The molecule has 0 saturated carbocycles. The van der Waals surface area contributed by atoms with E-state index in [1.807, 2.05) is 30.4 Å². The van der Waals surface area contributed by atoms with Gasteiger partial charge >= 0.3 is 11.9 Å². The summed E-state index contributed by atoms with van der Waals surface area (Å²) < 4.78 is 10.5. The van der Waals surface area contributed by atoms with Gasteiger partial charge in [-0.25, -0.2) is 0 Å². The predicted octanol–water partition coefficient (Wildman–Crippen LogP) is 12.6. The van der Waals surface area contributed by atoms with Crippen LogP contribution in [0.5, 0.6) is 0 Å². The van der Waals surface area contributed by atoms with Gasteiger partial charge in [-0.2, -0.15) is 0 Å². The number of allylic oxidation sites excluding steroid dienone is 10. The van der Waals surface area contributed by atoms with Gasteiger partial charge in [0.1, 0.15) is 6.61 Å². The maximum atomic E-state index is 12.2. The van der Waals surface area contributed by atoms with Crippen LogP contribution >= 0.6 is 0 Å². The molecule has 0 aromatic heterocycles. The van der Waals surface area contributed by atoms with Crippen LogP contribution in [0.2, 0.25) is 0 Å². The first kappa shape index (κ1) is 50.3. The fraction of sp³-hybridized carbons (Fsp3) is 0.702. The highest BCUT2D eigenvalue weighted by atomic mass is 16.6. The number of ether oxygens (including phenoxy) is 2. The Morgan fingerprint density at radius 2 is 1.09 bits per heavy atom. The molecule has 0 heterocycles. The van der Waals surface area contributed by atoms with E-state index in [4.69, 9.17) is 9.47 Å². The van der Waals surface area contributed by atoms with E-state index in [0.717, 1.165) is 50.9 Å². The molecule has 0 aliphatic heterocycles. The molecular formula is C47H80O6. The second-order valence-corrected chi connectivity index (χ2v) is 14.7. The Morgan fingerprint density at radius 1 is 0.585 bits per heavy atom. The van der Waals surface area contributed by atoms with Gasteiger partial charge in [-0.1, -0.05) is 196 Å². The molecule has 0 saturated heterocycles. The minimum absolute atomic E-state index is 0.132. The van der Waals surface area contributed by atoms with Crippen molar-refractivity contribution in [1.29, 1.82) is 0 Å². The fourth-order valence-electron chi connectivity index (χ4n) is 5.79. The van der Waals surface area contributed by atoms with Crippen LogP contribution < -0.4 is 0 Å². The highest BCUT2D eigenvalue weighted by Gasteiger charge is 2.15. The summed E-state index contributed by atoms with van der Waals surface area (Å²) in [5.74, 6) is 0.0770. The Balaban J connectivity index is 3.74. The zero-order valence-corrected chi connectivity index (χ0v) is 34.3. The van der Waals surface area contributed by atoms with Gasteiger partial charge in [0.25, 0.3) is 0 Å². The van der Waals surface area contributed by atoms with Gasteiger partial charge in [-0.05, 0) is 50.9 Å². The normalized spacial score (nSPS) is 13.6. The molecule has 6 heteroatoms. The third-order valence-electron chi connectivity index (χ3n) is 9.04. The van der Waals surface area contributed by atoms with Gasteiger partial charge in [-0.15, -0.1) is 0 Å². The van der Waals surface area contributed by atoms with Crippen LogP contribution in [0.15, 0.2) is 72.9 Å². The molecule has 0 radical (unpaired) electrons. The third-order valence-corrected chi connectivity index (χ3v) is 9.04. The van der Waals surface area contributed by atoms with E-state index in [-0.39, 0.29) is 19.0 Å². The maximum Gasteiger partial charge on any atom is 0.306 e. The van der Waals surface area contributed by atoms with Crippen LogP contribution in [-0.2, 0) is 19.1 Å². The summed E-state index contributed by atoms with van der Waals surface area (Å²) in [4.78, 5) is 24.3. The van der Waals surface area contributed by atoms with Crippen molar-refractivity contribution in [3.63, 3.8) is 0 Å². The van der Waals surface area contributed by atoms with Gasteiger partial charge in [0, 0.05) is 12.8 Å². The monoisotopic (exact) mass is 741 g/mol. The second-order valence-electron chi connectivity index (χ2n) is 14.7. The molecule has 2 atom stereocenters. The summed E-state index contributed by atoms with van der Waals surface area (Å²) in [6, 6.07) is 0. The molecule has 1 unspecified atom stereocenters. The van der Waals surface area contributed by atoms with Crippen LogP contribution in [0.4, 0.5) is 0 Å². The quantitative estimate of drug-likeness (QED) is 0.0285. The Labute approximate surface area is 326 Å². The van der Waals surface area contributed by atoms with Gasteiger partial charge in [-0.3, -0.25) is 9.59 Å². The third kappa shape index (κ3) is 40.3. The number of esters is 2. The lowest BCUT2D eigenvalue weighted by Gasteiger charge is -2.15. The Bertz CT molecular complexity index is 1000. The number of hydrogen-bond donors (Lipinski definition) is 2. The summed E-state index contributed by atoms with van der Waals surface area (Å²) in [7, 11) is 0. The molecule has 6 nitrogen and oxygen atoms in total. The van der Waals surface area contributed by atoms with E-state index in [1.54, 1.807) is 6.08 Å². The Hall–Kier alpha value is -2.70. The van der Waals surface area contributed by atoms with Gasteiger partial charge in [0.2, 0.25) is 0 Å². The first-order valence-corrected chi connectivity index (χ1v) is 21.5. The molecule has 304 valence electrons. The van der Waals surface area contributed by atoms with E-state index < -0.39 is 24.8 Å². The number of carbonyl (C=O) groups is 2. The van der Waals surface area contributed by atoms with Crippen molar-refractivity contribution in [3.8, 4) is 0 Å². The molecule has 0 aliphatic rings. The second kappa shape index (κ2) is 40.5. The van der Waals surface area contributed by atoms with Gasteiger partial charge < -0.3 is 19.7 Å². The largest absolute Gasteiger partial charge is 0.462 e. The maximum absolute atomic E-state index is 12.2. The highest BCUT2D eigenvalue weighted by molar-refractivity contribution is 5.70. The lowest BCUT2D eigenvalue weighted by molar-refractivity contribution is -0.161. The smallest absolute Gasteiger partial charge is 0.306 e. The Kier molecular flexibility index (Phi) is 38.4. The average molecular weight is 741 g/mol. The molecule has 0 amide bonds. The Morgan fingerprint density at radius 3 is 1.62 bits per heavy atom. The fourth-order valence-corrected chi connectivity index (χ4v) is 5.79. The van der Waals surface area contributed by atoms with Crippen LogP contribution in [0.25, 0.3) is 0 Å². The summed E-state index contributed by atoms with van der Waals surface area (Å²) in [5.41, 5.74) is 0. The number of aliphatic hydroxyl groups excluding tert-OH is 2. The minimum Gasteiger partial charge on any atom is -0.462 e. The van der Waals surface area contributed by atoms with Crippen molar-refractivity contribution < 1.29 is 29.3 Å². The van der Waals surface area contributed by atoms with E-state index in [0.29, 0.717) is 19.3 Å². The standard InChI is InChI=1S/C47H80O6/c1-4-5-6-7-8-9-10-15-19-22-25-28-32-37-44(49)38-33-30-35-40-47(51)53-45(41-48)42-52-46(50)39-34-29-26-23-20-17-14-12-11-13-16-18-21-24-27-31-36-43(2)3/h5-6,8-9,15,19,25,28,30,32-33,37,43-45,48-49H,4,7,10-14,16-18,20-24,26-27,29,31,34-36,38-42H2,1-3H3/b6-5-,9-8-,19-15-,28-25-,33-30-,37-32-/t44?,45-/m0/s1. The molecule has 53 heavy (non-hydrogen) atoms. The zero-order chi connectivity index (χ0) is 38.9. The molecule has 0 aliphatic carbocycles. The van der Waals surface area contributed by atoms with Crippen LogP contribution in [-0.4, -0.2) is 47.6 Å². The molecule has 0 spiro atoms. The SMILES string of the molecule is CC/C=C\C/C=C\C/C=C\C/C=C\C=C/C(O)C/C=C\CCC(=O)O[C@@H](CO)COC(=O)CCCCCCCCCCCCCCCCCCC(C)C. The van der Waals surface area contributed by atoms with Crippen molar-refractivity contribution in [2.45, 2.75) is 193 Å². The highest BCUT2D eigenvalue weighted by Crippen LogP contribution is 2.15. The van der Waals surface area contributed by atoms with Gasteiger partial charge in [0.15, 0.2) is 6.10 Å². The zero-order valence-electron chi connectivity index (χ0n) is 34.3. The van der Waals surface area contributed by atoms with E-state index in [9.17, 15) is 19.8 Å². The van der Waals surface area contributed by atoms with Crippen LogP contribution in [0.1, 0.15) is 181 Å². The van der Waals surface area contributed by atoms with Crippen molar-refractivity contribution >= 4 is 11.9 Å². The molecule has 2 N–H and O–H groups in total. The summed E-state index contributed by atoms with van der Waals surface area (Å²) in [6.07, 6.45) is 50.0. The van der Waals surface area contributed by atoms with Crippen LogP contribution in [0.3, 0.4) is 0 Å². The van der Waals surface area contributed by atoms with E-state index in [2.05, 4.69) is 57.2 Å². The van der Waals surface area contributed by atoms with Crippen molar-refractivity contribution in [3.05, 3.63) is 72.9 Å². The van der Waals surface area contributed by atoms with Crippen molar-refractivity contribution in [2.24, 2.45) is 5.92 Å². The number of carbonyl (C=O) groups excluding carboxylic acids is 2. The number of rotatable bonds is 37. The molecule has 0 fully saturated rings. The summed E-state index contributed by atoms with van der Waals surface area (Å²) in [6.45, 7) is 6.24. The first-order valence-electron chi connectivity index (χ1n) is 21.5. The van der Waals surface area contributed by atoms with E-state index >= 15 is 0 Å². The van der Waals surface area contributed by atoms with Crippen molar-refractivity contribution in [2.75, 3.05) is 13.2 Å². The molecule has 0 rings (SSSR count). The van der Waals surface area contributed by atoms with E-state index in [1.165, 1.54) is 89.9 Å². The molecule has 0 bridgehead atoms. The van der Waals surface area contributed by atoms with Crippen molar-refractivity contribution in [1.82, 2.24) is 0 Å². The average Bonchev–Trinajstić information content (AvgIpc) is 3.14. The number of unbranched alkanes of at least 4 members (excludes halogenated alkanes) is 15. The summed E-state index contributed by atoms with van der Waals surface area (Å²) in [5, 5.41) is 19.7. The first-order chi connectivity index (χ1) is 25.9. The lowest BCUT2D eigenvalue weighted by Crippen LogP contribution is -2.28. The number of aliphatic hydroxyl groups is 2. The predicted molar refractivity (Wildman–Crippen MR) is 225 cm³/mol. The van der Waals surface area contributed by atoms with Gasteiger partial charge in [0.05, 0.1) is 12.7 Å². The minimum atomic E-state index is -0.856. The molecule has 0 aromatic rings. The molecule has 0 aromatic carbocycles. The van der Waals surface area contributed by atoms with Crippen LogP contribution in [0, 0.1) is 5.92 Å². The topological polar surface area (TPSA) is 93.1 Å². The number of hydrogen-bond acceptors (Lipinski definition) is 6. The lowest BCUT2D eigenvalue weighted by atomic mass is 10.0. The summed E-state index contributed by atoms with van der Waals surface area (Å²) >= 11 is 0.